The van der Waals surface area contributed by atoms with E-state index < -0.39 is 12.1 Å². The van der Waals surface area contributed by atoms with Crippen molar-refractivity contribution in [2.24, 2.45) is 0 Å². The second-order valence-corrected chi connectivity index (χ2v) is 1.81. The Morgan fingerprint density at radius 1 is 1.78 bits per heavy atom. The van der Waals surface area contributed by atoms with Gasteiger partial charge in [0.1, 0.15) is 0 Å². The van der Waals surface area contributed by atoms with Crippen LogP contribution in [-0.4, -0.2) is 35.9 Å². The van der Waals surface area contributed by atoms with Crippen LogP contribution in [0.1, 0.15) is 6.42 Å². The fourth-order valence-corrected chi connectivity index (χ4v) is 0.509. The number of likely N-dealkylation sites (N-methyl/N-ethyl adjacent to an activating group) is 1. The molecule has 0 aliphatic rings. The highest BCUT2D eigenvalue weighted by molar-refractivity contribution is 5.67. The highest BCUT2D eigenvalue weighted by atomic mass is 16.4. The van der Waals surface area contributed by atoms with Crippen molar-refractivity contribution in [3.63, 3.8) is 0 Å². The van der Waals surface area contributed by atoms with Crippen LogP contribution in [0, 0.1) is 0 Å². The van der Waals surface area contributed by atoms with Crippen molar-refractivity contribution in [3.05, 3.63) is 0 Å². The predicted molar refractivity (Wildman–Crippen MR) is 32.2 cm³/mol. The van der Waals surface area contributed by atoms with Gasteiger partial charge < -0.3 is 15.5 Å². The maximum absolute atomic E-state index is 9.90. The molecule has 9 heavy (non-hydrogen) atoms. The maximum atomic E-state index is 9.90. The number of hydrogen-bond acceptors (Lipinski definition) is 3. The van der Waals surface area contributed by atoms with Gasteiger partial charge in [-0.15, -0.1) is 0 Å². The monoisotopic (exact) mass is 133 g/mol. The summed E-state index contributed by atoms with van der Waals surface area (Å²) < 4.78 is 0. The number of carbonyl (C=O) groups is 1. The van der Waals surface area contributed by atoms with E-state index in [4.69, 9.17) is 10.2 Å². The predicted octanol–water partition coefficient (Wildman–Crippen LogP) is -0.959. The van der Waals surface area contributed by atoms with E-state index in [9.17, 15) is 4.79 Å². The molecule has 1 atom stereocenters. The molecular formula is C5H11NO3. The molecule has 0 fully saturated rings. The van der Waals surface area contributed by atoms with E-state index in [1.165, 1.54) is 0 Å². The Kier molecular flexibility index (Phi) is 4.00. The summed E-state index contributed by atoms with van der Waals surface area (Å²) in [6.45, 7) is 0.326. The Morgan fingerprint density at radius 2 is 2.33 bits per heavy atom. The Hall–Kier alpha value is -0.610. The van der Waals surface area contributed by atoms with Crippen LogP contribution in [0.15, 0.2) is 0 Å². The summed E-state index contributed by atoms with van der Waals surface area (Å²) in [6.07, 6.45) is -0.964. The van der Waals surface area contributed by atoms with Crippen LogP contribution in [0.2, 0.25) is 0 Å². The Morgan fingerprint density at radius 3 is 2.67 bits per heavy atom. The van der Waals surface area contributed by atoms with Crippen molar-refractivity contribution < 1.29 is 15.0 Å². The minimum absolute atomic E-state index is 0.194. The van der Waals surface area contributed by atoms with Gasteiger partial charge >= 0.3 is 5.97 Å². The molecule has 0 aromatic carbocycles. The summed E-state index contributed by atoms with van der Waals surface area (Å²) in [7, 11) is 1.66. The molecule has 0 amide bonds. The zero-order valence-electron chi connectivity index (χ0n) is 5.29. The van der Waals surface area contributed by atoms with Gasteiger partial charge in [0.25, 0.3) is 0 Å². The van der Waals surface area contributed by atoms with Crippen LogP contribution >= 0.6 is 0 Å². The molecule has 0 aliphatic carbocycles. The van der Waals surface area contributed by atoms with E-state index in [0.717, 1.165) is 0 Å². The number of nitrogens with one attached hydrogen (secondary N) is 1. The van der Waals surface area contributed by atoms with Gasteiger partial charge in [-0.2, -0.15) is 0 Å². The third-order valence-corrected chi connectivity index (χ3v) is 0.850. The first kappa shape index (κ1) is 8.39. The SMILES string of the molecule is CNC[C@H](O)CC(=O)O. The number of hydrogen-bond donors (Lipinski definition) is 3. The molecular weight excluding hydrogens is 122 g/mol. The summed E-state index contributed by atoms with van der Waals surface area (Å²) in [6, 6.07) is 0. The molecule has 0 spiro atoms. The summed E-state index contributed by atoms with van der Waals surface area (Å²) >= 11 is 0. The summed E-state index contributed by atoms with van der Waals surface area (Å²) in [5.74, 6) is -0.974. The number of carboxylic acids is 1. The molecule has 3 N–H and O–H groups in total. The quantitative estimate of drug-likeness (QED) is 0.462. The zero-order chi connectivity index (χ0) is 7.28. The fraction of sp³-hybridized carbons (Fsp3) is 0.800. The lowest BCUT2D eigenvalue weighted by molar-refractivity contribution is -0.139. The van der Waals surface area contributed by atoms with Crippen molar-refractivity contribution in [2.75, 3.05) is 13.6 Å². The van der Waals surface area contributed by atoms with Crippen LogP contribution in [0.5, 0.6) is 0 Å². The van der Waals surface area contributed by atoms with Crippen LogP contribution < -0.4 is 5.32 Å². The number of rotatable bonds is 4. The third-order valence-electron chi connectivity index (χ3n) is 0.850. The van der Waals surface area contributed by atoms with Crippen molar-refractivity contribution in [3.8, 4) is 0 Å². The van der Waals surface area contributed by atoms with Gasteiger partial charge in [0, 0.05) is 6.54 Å². The molecule has 0 bridgehead atoms. The van der Waals surface area contributed by atoms with Crippen molar-refractivity contribution in [1.82, 2.24) is 5.32 Å². The highest BCUT2D eigenvalue weighted by Gasteiger charge is 2.06. The molecule has 0 saturated heterocycles. The molecule has 4 heteroatoms. The lowest BCUT2D eigenvalue weighted by Gasteiger charge is -2.04. The third kappa shape index (κ3) is 5.26. The number of aliphatic hydroxyl groups is 1. The van der Waals surface area contributed by atoms with E-state index in [1.807, 2.05) is 0 Å². The smallest absolute Gasteiger partial charge is 0.306 e. The zero-order valence-corrected chi connectivity index (χ0v) is 5.29. The van der Waals surface area contributed by atoms with E-state index in [-0.39, 0.29) is 6.42 Å². The molecule has 0 aromatic rings. The van der Waals surface area contributed by atoms with Gasteiger partial charge in [0.05, 0.1) is 12.5 Å². The van der Waals surface area contributed by atoms with Crippen molar-refractivity contribution in [1.29, 1.82) is 0 Å². The molecule has 0 heterocycles. The van der Waals surface area contributed by atoms with Crippen LogP contribution in [0.4, 0.5) is 0 Å². The second-order valence-electron chi connectivity index (χ2n) is 1.81. The van der Waals surface area contributed by atoms with E-state index in [2.05, 4.69) is 5.32 Å². The largest absolute Gasteiger partial charge is 0.481 e. The summed E-state index contributed by atoms with van der Waals surface area (Å²) in [5, 5.41) is 19.6. The summed E-state index contributed by atoms with van der Waals surface area (Å²) in [4.78, 5) is 9.90. The van der Waals surface area contributed by atoms with Crippen LogP contribution in [0.25, 0.3) is 0 Å². The fourth-order valence-electron chi connectivity index (χ4n) is 0.509. The molecule has 4 nitrogen and oxygen atoms in total. The molecule has 0 radical (unpaired) electrons. The number of carboxylic acid groups (broad SMARTS) is 1. The first-order valence-corrected chi connectivity index (χ1v) is 2.71. The standard InChI is InChI=1S/C5H11NO3/c1-6-3-4(7)2-5(8)9/h4,6-7H,2-3H2,1H3,(H,8,9)/t4-/m1/s1. The highest BCUT2D eigenvalue weighted by Crippen LogP contribution is 1.87. The molecule has 54 valence electrons. The Balaban J connectivity index is 3.26. The van der Waals surface area contributed by atoms with Gasteiger partial charge in [-0.25, -0.2) is 0 Å². The minimum Gasteiger partial charge on any atom is -0.481 e. The normalized spacial score (nSPS) is 13.1. The molecule has 0 saturated carbocycles. The van der Waals surface area contributed by atoms with Crippen LogP contribution in [-0.2, 0) is 4.79 Å². The minimum atomic E-state index is -0.974. The summed E-state index contributed by atoms with van der Waals surface area (Å²) in [5.41, 5.74) is 0. The second kappa shape index (κ2) is 4.29. The first-order chi connectivity index (χ1) is 4.16. The average molecular weight is 133 g/mol. The van der Waals surface area contributed by atoms with Crippen molar-refractivity contribution >= 4 is 5.97 Å². The van der Waals surface area contributed by atoms with E-state index >= 15 is 0 Å². The van der Waals surface area contributed by atoms with Gasteiger partial charge in [0.2, 0.25) is 0 Å². The van der Waals surface area contributed by atoms with Crippen LogP contribution in [0.3, 0.4) is 0 Å². The molecule has 0 aliphatic heterocycles. The van der Waals surface area contributed by atoms with Gasteiger partial charge in [0.15, 0.2) is 0 Å². The van der Waals surface area contributed by atoms with Crippen molar-refractivity contribution in [2.45, 2.75) is 12.5 Å². The first-order valence-electron chi connectivity index (χ1n) is 2.71. The maximum Gasteiger partial charge on any atom is 0.306 e. The molecule has 0 aromatic heterocycles. The lowest BCUT2D eigenvalue weighted by Crippen LogP contribution is -2.25. The van der Waals surface area contributed by atoms with Gasteiger partial charge in [-0.3, -0.25) is 4.79 Å². The Bertz CT molecular complexity index is 94.2. The number of aliphatic hydroxyl groups excluding tert-OH is 1. The number of aliphatic carboxylic acids is 1. The van der Waals surface area contributed by atoms with Gasteiger partial charge in [-0.1, -0.05) is 0 Å². The topological polar surface area (TPSA) is 69.6 Å². The molecule has 0 unspecified atom stereocenters. The molecule has 0 rings (SSSR count). The van der Waals surface area contributed by atoms with E-state index in [1.54, 1.807) is 7.05 Å². The lowest BCUT2D eigenvalue weighted by atomic mass is 10.2. The Labute approximate surface area is 53.5 Å². The average Bonchev–Trinajstić information content (AvgIpc) is 1.63. The van der Waals surface area contributed by atoms with Gasteiger partial charge in [-0.05, 0) is 7.05 Å². The van der Waals surface area contributed by atoms with E-state index in [0.29, 0.717) is 6.54 Å².